The van der Waals surface area contributed by atoms with Crippen molar-refractivity contribution in [2.75, 3.05) is 19.8 Å². The fraction of sp³-hybridized carbons (Fsp3) is 0.321. The Morgan fingerprint density at radius 3 is 2.49 bits per heavy atom. The van der Waals surface area contributed by atoms with Gasteiger partial charge in [-0.3, -0.25) is 18.8 Å². The third-order valence-electron chi connectivity index (χ3n) is 7.19. The maximum Gasteiger partial charge on any atom is 0.274 e. The molecule has 3 heterocycles. The summed E-state index contributed by atoms with van der Waals surface area (Å²) >= 11 is 0. The van der Waals surface area contributed by atoms with Crippen molar-refractivity contribution in [3.8, 4) is 5.75 Å². The van der Waals surface area contributed by atoms with Crippen LogP contribution in [0, 0.1) is 23.4 Å². The molecule has 2 bridgehead atoms. The fourth-order valence-electron chi connectivity index (χ4n) is 5.14. The second kappa shape index (κ2) is 10.9. The Morgan fingerprint density at radius 2 is 1.79 bits per heavy atom. The predicted molar refractivity (Wildman–Crippen MR) is 133 cm³/mol. The van der Waals surface area contributed by atoms with Crippen LogP contribution in [0.4, 0.5) is 17.6 Å². The van der Waals surface area contributed by atoms with Gasteiger partial charge in [0.25, 0.3) is 11.8 Å². The molecule has 39 heavy (non-hydrogen) atoms. The minimum atomic E-state index is -1.20. The number of benzene rings is 2. The van der Waals surface area contributed by atoms with Gasteiger partial charge in [0.15, 0.2) is 11.4 Å². The fourth-order valence-corrected chi connectivity index (χ4v) is 5.14. The average Bonchev–Trinajstić information content (AvgIpc) is 3.11. The van der Waals surface area contributed by atoms with Gasteiger partial charge in [-0.2, -0.15) is 0 Å². The highest BCUT2D eigenvalue weighted by atomic mass is 19.1. The van der Waals surface area contributed by atoms with Crippen LogP contribution in [0.2, 0.25) is 0 Å². The van der Waals surface area contributed by atoms with Gasteiger partial charge in [-0.25, -0.2) is 13.2 Å². The van der Waals surface area contributed by atoms with Gasteiger partial charge in [0.2, 0.25) is 5.43 Å². The lowest BCUT2D eigenvalue weighted by molar-refractivity contribution is 0.0647. The van der Waals surface area contributed by atoms with Crippen LogP contribution in [0.25, 0.3) is 0 Å². The molecular formula is C28H25F4N3O4. The molecule has 5 rings (SSSR count). The number of nitrogens with one attached hydrogen (secondary N) is 1. The number of rotatable bonds is 7. The molecule has 1 N–H and O–H groups in total. The number of fused-ring (bicyclic) bond motifs is 4. The van der Waals surface area contributed by atoms with Crippen molar-refractivity contribution in [2.24, 2.45) is 5.92 Å². The standard InChI is InChI=1S/C28H25F4N3O4/c29-11-17-7-4-8-34-14-23(17)35-13-20(27(37)33-12-19-21(31)9-18(30)10-22(19)32)25(36)26(24(35)28(34)38)39-15-16-5-2-1-3-6-16/h1-3,5-6,9-10,13,17,23H,4,7-8,11-12,14-15H2,(H,33,37)/t17-,23+/m1/s1. The Hall–Kier alpha value is -4.15. The first kappa shape index (κ1) is 26.5. The summed E-state index contributed by atoms with van der Waals surface area (Å²) in [6.07, 6.45) is 2.27. The molecule has 1 aromatic heterocycles. The highest BCUT2D eigenvalue weighted by molar-refractivity contribution is 5.99. The molecule has 3 aromatic rings. The molecule has 0 radical (unpaired) electrons. The van der Waals surface area contributed by atoms with Gasteiger partial charge in [0.05, 0.1) is 12.7 Å². The SMILES string of the molecule is O=C(NCc1c(F)cc(F)cc1F)c1cn2c(c(OCc3ccccc3)c1=O)C(=O)N1CCC[C@H](CF)[C@@H]2C1. The molecule has 7 nitrogen and oxygen atoms in total. The molecule has 0 saturated carbocycles. The first-order chi connectivity index (χ1) is 18.8. The third kappa shape index (κ3) is 5.13. The van der Waals surface area contributed by atoms with Gasteiger partial charge in [-0.1, -0.05) is 30.3 Å². The van der Waals surface area contributed by atoms with Gasteiger partial charge < -0.3 is 19.5 Å². The number of amides is 2. The second-order valence-corrected chi connectivity index (χ2v) is 9.64. The van der Waals surface area contributed by atoms with Gasteiger partial charge in [-0.15, -0.1) is 0 Å². The zero-order valence-corrected chi connectivity index (χ0v) is 20.8. The van der Waals surface area contributed by atoms with Crippen LogP contribution < -0.4 is 15.5 Å². The van der Waals surface area contributed by atoms with Crippen molar-refractivity contribution in [3.63, 3.8) is 0 Å². The van der Waals surface area contributed by atoms with E-state index in [9.17, 15) is 31.9 Å². The summed E-state index contributed by atoms with van der Waals surface area (Å²) in [5.41, 5.74) is -1.28. The number of halogens is 4. The van der Waals surface area contributed by atoms with E-state index >= 15 is 0 Å². The molecule has 1 saturated heterocycles. The van der Waals surface area contributed by atoms with Crippen LogP contribution in [0.3, 0.4) is 0 Å². The van der Waals surface area contributed by atoms with Gasteiger partial charge >= 0.3 is 0 Å². The Labute approximate surface area is 221 Å². The minimum Gasteiger partial charge on any atom is -0.483 e. The quantitative estimate of drug-likeness (QED) is 0.454. The number of ether oxygens (including phenoxy) is 1. The summed E-state index contributed by atoms with van der Waals surface area (Å²) in [7, 11) is 0. The first-order valence-electron chi connectivity index (χ1n) is 12.5. The topological polar surface area (TPSA) is 80.6 Å². The lowest BCUT2D eigenvalue weighted by atomic mass is 9.94. The molecule has 0 aliphatic carbocycles. The van der Waals surface area contributed by atoms with Crippen molar-refractivity contribution >= 4 is 11.8 Å². The van der Waals surface area contributed by atoms with Gasteiger partial charge in [0, 0.05) is 49.4 Å². The van der Waals surface area contributed by atoms with Crippen LogP contribution in [0.1, 0.15) is 50.9 Å². The molecular weight excluding hydrogens is 518 g/mol. The number of hydrogen-bond acceptors (Lipinski definition) is 4. The van der Waals surface area contributed by atoms with Crippen molar-refractivity contribution in [1.29, 1.82) is 0 Å². The van der Waals surface area contributed by atoms with Gasteiger partial charge in [-0.05, 0) is 18.4 Å². The largest absolute Gasteiger partial charge is 0.483 e. The first-order valence-corrected chi connectivity index (χ1v) is 12.5. The Bertz CT molecular complexity index is 1450. The Morgan fingerprint density at radius 1 is 1.08 bits per heavy atom. The average molecular weight is 544 g/mol. The molecule has 2 aliphatic heterocycles. The van der Waals surface area contributed by atoms with E-state index < -0.39 is 71.0 Å². The third-order valence-corrected chi connectivity index (χ3v) is 7.19. The number of carbonyl (C=O) groups is 2. The van der Waals surface area contributed by atoms with Crippen LogP contribution in [0.5, 0.6) is 5.75 Å². The van der Waals surface area contributed by atoms with Crippen LogP contribution in [0.15, 0.2) is 53.5 Å². The van der Waals surface area contributed by atoms with E-state index in [1.54, 1.807) is 35.2 Å². The molecule has 2 aliphatic rings. The number of carbonyl (C=O) groups excluding carboxylic acids is 2. The molecule has 2 amide bonds. The number of nitrogens with zero attached hydrogens (tertiary/aromatic N) is 2. The normalized spacial score (nSPS) is 18.4. The molecule has 2 aromatic carbocycles. The lowest BCUT2D eigenvalue weighted by Gasteiger charge is -2.37. The van der Waals surface area contributed by atoms with Crippen molar-refractivity contribution in [3.05, 3.63) is 98.7 Å². The highest BCUT2D eigenvalue weighted by Crippen LogP contribution is 2.36. The summed E-state index contributed by atoms with van der Waals surface area (Å²) in [5, 5.41) is 2.29. The zero-order valence-electron chi connectivity index (χ0n) is 20.8. The lowest BCUT2D eigenvalue weighted by Crippen LogP contribution is -2.46. The van der Waals surface area contributed by atoms with E-state index in [1.165, 1.54) is 10.8 Å². The van der Waals surface area contributed by atoms with E-state index in [2.05, 4.69) is 5.32 Å². The van der Waals surface area contributed by atoms with Crippen LogP contribution >= 0.6 is 0 Å². The van der Waals surface area contributed by atoms with Gasteiger partial charge in [0.1, 0.15) is 29.6 Å². The summed E-state index contributed by atoms with van der Waals surface area (Å²) in [5.74, 6) is -5.78. The van der Waals surface area contributed by atoms with E-state index in [-0.39, 0.29) is 24.6 Å². The molecule has 11 heteroatoms. The molecule has 0 spiro atoms. The number of pyridine rings is 1. The summed E-state index contributed by atoms with van der Waals surface area (Å²) in [4.78, 5) is 41.7. The number of aromatic nitrogens is 1. The van der Waals surface area contributed by atoms with Crippen LogP contribution in [-0.4, -0.2) is 41.0 Å². The Balaban J connectivity index is 1.56. The Kier molecular flexibility index (Phi) is 7.40. The number of hydrogen-bond donors (Lipinski definition) is 1. The van der Waals surface area contributed by atoms with Crippen molar-refractivity contribution in [1.82, 2.24) is 14.8 Å². The molecule has 1 fully saturated rings. The maximum atomic E-state index is 14.1. The maximum absolute atomic E-state index is 14.1. The zero-order chi connectivity index (χ0) is 27.7. The minimum absolute atomic E-state index is 0.0697. The number of alkyl halides is 1. The summed E-state index contributed by atoms with van der Waals surface area (Å²) in [6, 6.07) is 9.28. The smallest absolute Gasteiger partial charge is 0.274 e. The summed E-state index contributed by atoms with van der Waals surface area (Å²) < 4.78 is 62.8. The van der Waals surface area contributed by atoms with E-state index in [1.807, 2.05) is 0 Å². The predicted octanol–water partition coefficient (Wildman–Crippen LogP) is 4.15. The molecule has 0 unspecified atom stereocenters. The van der Waals surface area contributed by atoms with E-state index in [4.69, 9.17) is 4.74 Å². The monoisotopic (exact) mass is 543 g/mol. The van der Waals surface area contributed by atoms with E-state index in [0.29, 0.717) is 37.1 Å². The summed E-state index contributed by atoms with van der Waals surface area (Å²) in [6.45, 7) is -0.807. The second-order valence-electron chi connectivity index (χ2n) is 9.64. The van der Waals surface area contributed by atoms with E-state index in [0.717, 1.165) is 0 Å². The van der Waals surface area contributed by atoms with Crippen molar-refractivity contribution in [2.45, 2.75) is 32.0 Å². The van der Waals surface area contributed by atoms with Crippen LogP contribution in [-0.2, 0) is 13.2 Å². The highest BCUT2D eigenvalue weighted by Gasteiger charge is 2.40. The molecule has 2 atom stereocenters. The molecule has 204 valence electrons. The van der Waals surface area contributed by atoms with Crippen molar-refractivity contribution < 1.29 is 31.9 Å².